The average molecular weight is 593 g/mol. The van der Waals surface area contributed by atoms with Gasteiger partial charge in [-0.25, -0.2) is 28.5 Å². The summed E-state index contributed by atoms with van der Waals surface area (Å²) in [7, 11) is 1.29. The fourth-order valence-corrected chi connectivity index (χ4v) is 4.53. The second kappa shape index (κ2) is 11.1. The summed E-state index contributed by atoms with van der Waals surface area (Å²) in [4.78, 5) is 35.0. The molecule has 1 aliphatic heterocycles. The maximum Gasteiger partial charge on any atom is 0.410 e. The fraction of sp³-hybridized carbons (Fsp3) is 0.480. The summed E-state index contributed by atoms with van der Waals surface area (Å²) in [5.74, 6) is -0.420. The molecule has 0 radical (unpaired) electrons. The van der Waals surface area contributed by atoms with Crippen molar-refractivity contribution in [2.45, 2.75) is 58.7 Å². The van der Waals surface area contributed by atoms with Crippen LogP contribution in [0.25, 0.3) is 5.65 Å². The average Bonchev–Trinajstić information content (AvgIpc) is 3.50. The molecular formula is C25H30BrFN6O5. The number of likely N-dealkylation sites (tertiary alicyclic amines) is 1. The molecule has 4 rings (SSSR count). The Kier molecular flexibility index (Phi) is 8.05. The Hall–Kier alpha value is -3.48. The number of aryl methyl sites for hydroxylation is 1. The molecule has 4 heterocycles. The van der Waals surface area contributed by atoms with Crippen molar-refractivity contribution in [3.8, 4) is 5.88 Å². The van der Waals surface area contributed by atoms with Gasteiger partial charge in [-0.3, -0.25) is 0 Å². The van der Waals surface area contributed by atoms with Crippen molar-refractivity contribution in [2.75, 3.05) is 25.6 Å². The first kappa shape index (κ1) is 27.6. The number of methoxy groups -OCH3 is 1. The Balaban J connectivity index is 1.51. The van der Waals surface area contributed by atoms with Gasteiger partial charge in [-0.05, 0) is 62.5 Å². The molecule has 1 N–H and O–H groups in total. The Labute approximate surface area is 227 Å². The van der Waals surface area contributed by atoms with Crippen molar-refractivity contribution in [1.82, 2.24) is 24.5 Å². The number of amides is 1. The van der Waals surface area contributed by atoms with Crippen LogP contribution < -0.4 is 10.1 Å². The van der Waals surface area contributed by atoms with E-state index >= 15 is 0 Å². The predicted molar refractivity (Wildman–Crippen MR) is 140 cm³/mol. The summed E-state index contributed by atoms with van der Waals surface area (Å²) < 4.78 is 32.6. The van der Waals surface area contributed by atoms with E-state index in [0.29, 0.717) is 33.7 Å². The lowest BCUT2D eigenvalue weighted by Crippen LogP contribution is -2.42. The molecule has 13 heteroatoms. The number of nitrogens with zero attached hydrogens (tertiary/aromatic N) is 5. The van der Waals surface area contributed by atoms with Crippen molar-refractivity contribution in [3.63, 3.8) is 0 Å². The van der Waals surface area contributed by atoms with E-state index in [9.17, 15) is 14.0 Å². The first-order valence-electron chi connectivity index (χ1n) is 12.1. The van der Waals surface area contributed by atoms with Gasteiger partial charge >= 0.3 is 12.1 Å². The summed E-state index contributed by atoms with van der Waals surface area (Å²) in [5.41, 5.74) is 1.09. The molecule has 1 fully saturated rings. The number of anilines is 1. The van der Waals surface area contributed by atoms with Crippen molar-refractivity contribution >= 4 is 39.5 Å². The number of esters is 1. The maximum absolute atomic E-state index is 14.1. The van der Waals surface area contributed by atoms with Crippen LogP contribution in [0, 0.1) is 12.7 Å². The molecule has 0 aliphatic carbocycles. The zero-order valence-electron chi connectivity index (χ0n) is 21.9. The van der Waals surface area contributed by atoms with Gasteiger partial charge in [0.05, 0.1) is 35.7 Å². The van der Waals surface area contributed by atoms with Gasteiger partial charge in [0.1, 0.15) is 29.4 Å². The highest BCUT2D eigenvalue weighted by Gasteiger charge is 2.33. The van der Waals surface area contributed by atoms with E-state index in [1.54, 1.807) is 4.90 Å². The first-order valence-corrected chi connectivity index (χ1v) is 12.9. The lowest BCUT2D eigenvalue weighted by Gasteiger charge is -2.28. The molecule has 0 aromatic carbocycles. The van der Waals surface area contributed by atoms with Gasteiger partial charge in [-0.15, -0.1) is 0 Å². The smallest absolute Gasteiger partial charge is 0.410 e. The van der Waals surface area contributed by atoms with Gasteiger partial charge in [0, 0.05) is 18.7 Å². The molecule has 1 amide bonds. The highest BCUT2D eigenvalue weighted by atomic mass is 79.9. The van der Waals surface area contributed by atoms with E-state index in [-0.39, 0.29) is 36.7 Å². The molecule has 3 aromatic rings. The van der Waals surface area contributed by atoms with Crippen LogP contribution >= 0.6 is 15.9 Å². The van der Waals surface area contributed by atoms with Gasteiger partial charge in [-0.1, -0.05) is 0 Å². The highest BCUT2D eigenvalue weighted by Crippen LogP contribution is 2.28. The highest BCUT2D eigenvalue weighted by molar-refractivity contribution is 9.10. The van der Waals surface area contributed by atoms with Gasteiger partial charge in [0.25, 0.3) is 0 Å². The minimum atomic E-state index is -0.597. The number of carbonyl (C=O) groups excluding carboxylic acids is 2. The van der Waals surface area contributed by atoms with Crippen molar-refractivity contribution < 1.29 is 28.2 Å². The molecule has 0 saturated carbocycles. The lowest BCUT2D eigenvalue weighted by atomic mass is 10.2. The predicted octanol–water partition coefficient (Wildman–Crippen LogP) is 4.51. The minimum Gasteiger partial charge on any atom is -0.475 e. The first-order chi connectivity index (χ1) is 18.0. The number of pyridine rings is 1. The second-order valence-corrected chi connectivity index (χ2v) is 10.7. The topological polar surface area (TPSA) is 120 Å². The van der Waals surface area contributed by atoms with Crippen LogP contribution in [-0.2, 0) is 16.0 Å². The number of fused-ring (bicyclic) bond motifs is 1. The molecule has 0 bridgehead atoms. The van der Waals surface area contributed by atoms with Crippen molar-refractivity contribution in [1.29, 1.82) is 0 Å². The van der Waals surface area contributed by atoms with Gasteiger partial charge < -0.3 is 24.4 Å². The third kappa shape index (κ3) is 5.98. The monoisotopic (exact) mass is 592 g/mol. The summed E-state index contributed by atoms with van der Waals surface area (Å²) in [6.45, 7) is 8.18. The normalized spacial score (nSPS) is 15.6. The van der Waals surface area contributed by atoms with Crippen LogP contribution in [0.5, 0.6) is 5.88 Å². The Morgan fingerprint density at radius 1 is 1.29 bits per heavy atom. The van der Waals surface area contributed by atoms with Crippen molar-refractivity contribution in [3.05, 3.63) is 45.6 Å². The molecule has 1 saturated heterocycles. The molecular weight excluding hydrogens is 563 g/mol. The van der Waals surface area contributed by atoms with E-state index < -0.39 is 17.4 Å². The van der Waals surface area contributed by atoms with E-state index in [1.165, 1.54) is 23.9 Å². The molecule has 11 nitrogen and oxygen atoms in total. The number of aromatic nitrogens is 4. The number of rotatable bonds is 7. The number of hydrogen-bond acceptors (Lipinski definition) is 9. The van der Waals surface area contributed by atoms with Crippen LogP contribution in [0.3, 0.4) is 0 Å². The molecule has 1 atom stereocenters. The lowest BCUT2D eigenvalue weighted by molar-refractivity contribution is 0.0185. The van der Waals surface area contributed by atoms with Crippen LogP contribution in [0.4, 0.5) is 15.0 Å². The zero-order chi connectivity index (χ0) is 27.6. The Bertz CT molecular complexity index is 1360. The maximum atomic E-state index is 14.1. The van der Waals surface area contributed by atoms with E-state index in [0.717, 1.165) is 19.0 Å². The van der Waals surface area contributed by atoms with E-state index in [1.807, 2.05) is 27.7 Å². The zero-order valence-corrected chi connectivity index (χ0v) is 23.5. The number of ether oxygens (including phenoxy) is 3. The van der Waals surface area contributed by atoms with Crippen LogP contribution in [0.1, 0.15) is 55.2 Å². The number of nitrogens with one attached hydrogen (secondary N) is 1. The van der Waals surface area contributed by atoms with Crippen LogP contribution in [-0.4, -0.2) is 68.4 Å². The van der Waals surface area contributed by atoms with Gasteiger partial charge in [-0.2, -0.15) is 5.10 Å². The summed E-state index contributed by atoms with van der Waals surface area (Å²) in [6, 6.07) is 1.14. The number of hydrogen-bond donors (Lipinski definition) is 1. The fourth-order valence-electron chi connectivity index (χ4n) is 4.13. The van der Waals surface area contributed by atoms with Crippen LogP contribution in [0.15, 0.2) is 22.9 Å². The SMILES string of the molecule is COC(=O)c1cnn2c(C)c(Br)c(NCc3cc(F)cnc3OCC3CCCN3C(=O)OC(C)(C)C)nc12. The second-order valence-electron chi connectivity index (χ2n) is 9.90. The van der Waals surface area contributed by atoms with Crippen molar-refractivity contribution in [2.24, 2.45) is 0 Å². The van der Waals surface area contributed by atoms with Crippen LogP contribution in [0.2, 0.25) is 0 Å². The molecule has 204 valence electrons. The summed E-state index contributed by atoms with van der Waals surface area (Å²) in [6.07, 6.45) is 3.69. The Morgan fingerprint density at radius 3 is 2.76 bits per heavy atom. The molecule has 1 unspecified atom stereocenters. The third-order valence-electron chi connectivity index (χ3n) is 5.97. The summed E-state index contributed by atoms with van der Waals surface area (Å²) >= 11 is 3.52. The number of halogens is 2. The molecule has 38 heavy (non-hydrogen) atoms. The van der Waals surface area contributed by atoms with Gasteiger partial charge in [0.15, 0.2) is 5.65 Å². The quantitative estimate of drug-likeness (QED) is 0.395. The molecule has 0 spiro atoms. The van der Waals surface area contributed by atoms with E-state index in [4.69, 9.17) is 14.2 Å². The Morgan fingerprint density at radius 2 is 2.05 bits per heavy atom. The van der Waals surface area contributed by atoms with E-state index in [2.05, 4.69) is 36.3 Å². The minimum absolute atomic E-state index is 0.128. The summed E-state index contributed by atoms with van der Waals surface area (Å²) in [5, 5.41) is 7.37. The van der Waals surface area contributed by atoms with Gasteiger partial charge in [0.2, 0.25) is 5.88 Å². The molecule has 3 aromatic heterocycles. The number of carbonyl (C=O) groups is 2. The third-order valence-corrected chi connectivity index (χ3v) is 6.92. The largest absolute Gasteiger partial charge is 0.475 e. The molecule has 1 aliphatic rings. The standard InChI is InChI=1S/C25H30BrFN6O5/c1-14-19(26)20(31-21-18(23(34)36-5)12-30-33(14)21)28-10-15-9-16(27)11-29-22(15)37-13-17-7-6-8-32(17)24(35)38-25(2,3)4/h9,11-12,17H,6-8,10,13H2,1-5H3,(H,28,31).